The van der Waals surface area contributed by atoms with Crippen LogP contribution >= 0.6 is 0 Å². The highest BCUT2D eigenvalue weighted by Gasteiger charge is 2.59. The maximum atomic E-state index is 13.6. The standard InChI is InChI=1S/C23H17F6N5O3/c24-22(25,26)11-5-16(23(27,28)29)31-17(6-11)34-14-8-13(19(35)20(14)36)18(34)21-32-30-9-33(21)12-2-1-10-3-4-37-15(10)7-12/h1-7,9,13-14,18-20,35-36H,8H2/t13-,14-,18-,19-,20+/m0/s1. The Morgan fingerprint density at radius 2 is 1.73 bits per heavy atom. The van der Waals surface area contributed by atoms with E-state index < -0.39 is 59.6 Å². The molecule has 1 aromatic carbocycles. The zero-order valence-electron chi connectivity index (χ0n) is 18.5. The topological polar surface area (TPSA) is 100 Å². The summed E-state index contributed by atoms with van der Waals surface area (Å²) >= 11 is 0. The lowest BCUT2D eigenvalue weighted by atomic mass is 9.93. The summed E-state index contributed by atoms with van der Waals surface area (Å²) < 4.78 is 88.2. The molecule has 3 aromatic heterocycles. The zero-order chi connectivity index (χ0) is 26.3. The fourth-order valence-electron chi connectivity index (χ4n) is 5.37. The number of furan rings is 1. The van der Waals surface area contributed by atoms with Crippen molar-refractivity contribution in [2.75, 3.05) is 4.90 Å². The van der Waals surface area contributed by atoms with Gasteiger partial charge in [-0.3, -0.25) is 4.57 Å². The van der Waals surface area contributed by atoms with E-state index in [4.69, 9.17) is 4.42 Å². The number of fused-ring (bicyclic) bond motifs is 3. The fraction of sp³-hybridized carbons (Fsp3) is 0.348. The van der Waals surface area contributed by atoms with Gasteiger partial charge >= 0.3 is 12.4 Å². The van der Waals surface area contributed by atoms with E-state index in [1.165, 1.54) is 22.1 Å². The molecular formula is C23H17F6N5O3. The first kappa shape index (κ1) is 23.7. The molecule has 0 spiro atoms. The number of nitrogens with zero attached hydrogens (tertiary/aromatic N) is 5. The van der Waals surface area contributed by atoms with E-state index in [9.17, 15) is 36.6 Å². The predicted octanol–water partition coefficient (Wildman–Crippen LogP) is 4.12. The molecule has 1 aliphatic carbocycles. The van der Waals surface area contributed by atoms with Crippen LogP contribution in [0.5, 0.6) is 0 Å². The van der Waals surface area contributed by atoms with Crippen molar-refractivity contribution in [1.29, 1.82) is 0 Å². The number of hydrogen-bond acceptors (Lipinski definition) is 7. The third-order valence-electron chi connectivity index (χ3n) is 7.01. The van der Waals surface area contributed by atoms with E-state index in [1.807, 2.05) is 0 Å². The van der Waals surface area contributed by atoms with Gasteiger partial charge in [-0.15, -0.1) is 10.2 Å². The summed E-state index contributed by atoms with van der Waals surface area (Å²) in [5.74, 6) is -1.25. The van der Waals surface area contributed by atoms with Crippen LogP contribution in [0.4, 0.5) is 32.2 Å². The summed E-state index contributed by atoms with van der Waals surface area (Å²) in [6, 6.07) is 5.33. The van der Waals surface area contributed by atoms with Gasteiger partial charge in [-0.1, -0.05) is 0 Å². The molecule has 8 nitrogen and oxygen atoms in total. The molecule has 2 N–H and O–H groups in total. The van der Waals surface area contributed by atoms with Crippen LogP contribution < -0.4 is 4.90 Å². The second-order valence-electron chi connectivity index (χ2n) is 9.10. The van der Waals surface area contributed by atoms with E-state index in [0.29, 0.717) is 17.3 Å². The normalized spacial score (nSPS) is 25.9. The van der Waals surface area contributed by atoms with Crippen molar-refractivity contribution in [2.24, 2.45) is 5.92 Å². The van der Waals surface area contributed by atoms with Crippen molar-refractivity contribution in [2.45, 2.75) is 43.1 Å². The number of aliphatic hydroxyl groups excluding tert-OH is 2. The molecule has 1 saturated carbocycles. The Labute approximate surface area is 203 Å². The molecule has 4 aromatic rings. The van der Waals surface area contributed by atoms with Crippen LogP contribution in [0.1, 0.15) is 29.5 Å². The molecule has 0 amide bonds. The Morgan fingerprint density at radius 1 is 0.946 bits per heavy atom. The molecule has 0 radical (unpaired) electrons. The van der Waals surface area contributed by atoms with Gasteiger partial charge in [-0.2, -0.15) is 26.3 Å². The van der Waals surface area contributed by atoms with Crippen molar-refractivity contribution in [3.8, 4) is 5.69 Å². The Kier molecular flexibility index (Phi) is 5.08. The lowest BCUT2D eigenvalue weighted by molar-refractivity contribution is -0.145. The van der Waals surface area contributed by atoms with Gasteiger partial charge in [0.05, 0.1) is 35.7 Å². The highest BCUT2D eigenvalue weighted by molar-refractivity contribution is 5.79. The van der Waals surface area contributed by atoms with Gasteiger partial charge in [-0.25, -0.2) is 4.98 Å². The van der Waals surface area contributed by atoms with Crippen LogP contribution in [0, 0.1) is 5.92 Å². The minimum absolute atomic E-state index is 0.0564. The first-order chi connectivity index (χ1) is 17.4. The largest absolute Gasteiger partial charge is 0.464 e. The molecule has 5 atom stereocenters. The number of alkyl halides is 6. The molecule has 37 heavy (non-hydrogen) atoms. The van der Waals surface area contributed by atoms with Crippen LogP contribution in [0.3, 0.4) is 0 Å². The van der Waals surface area contributed by atoms with Crippen molar-refractivity contribution in [1.82, 2.24) is 19.7 Å². The summed E-state index contributed by atoms with van der Waals surface area (Å²) in [6.45, 7) is 0. The lowest BCUT2D eigenvalue weighted by Crippen LogP contribution is -2.51. The lowest BCUT2D eigenvalue weighted by Gasteiger charge is -2.40. The zero-order valence-corrected chi connectivity index (χ0v) is 18.5. The highest BCUT2D eigenvalue weighted by Crippen LogP contribution is 2.52. The Morgan fingerprint density at radius 3 is 2.46 bits per heavy atom. The van der Waals surface area contributed by atoms with Crippen molar-refractivity contribution >= 4 is 16.8 Å². The average Bonchev–Trinajstić information content (AvgIpc) is 3.61. The minimum Gasteiger partial charge on any atom is -0.464 e. The van der Waals surface area contributed by atoms with Crippen LogP contribution in [0.2, 0.25) is 0 Å². The smallest absolute Gasteiger partial charge is 0.433 e. The van der Waals surface area contributed by atoms with Crippen molar-refractivity contribution < 1.29 is 41.0 Å². The molecule has 4 heterocycles. The number of aromatic nitrogens is 4. The minimum atomic E-state index is -5.15. The van der Waals surface area contributed by atoms with Gasteiger partial charge in [0, 0.05) is 17.4 Å². The Hall–Kier alpha value is -3.65. The third-order valence-corrected chi connectivity index (χ3v) is 7.01. The molecule has 1 saturated heterocycles. The molecule has 2 fully saturated rings. The monoisotopic (exact) mass is 525 g/mol. The molecule has 194 valence electrons. The van der Waals surface area contributed by atoms with Crippen molar-refractivity contribution in [3.05, 3.63) is 66.1 Å². The number of rotatable bonds is 3. The van der Waals surface area contributed by atoms with E-state index in [2.05, 4.69) is 15.2 Å². The molecule has 2 bridgehead atoms. The maximum Gasteiger partial charge on any atom is 0.433 e. The number of halogens is 6. The molecule has 1 aliphatic heterocycles. The molecule has 0 unspecified atom stereocenters. The van der Waals surface area contributed by atoms with E-state index >= 15 is 0 Å². The summed E-state index contributed by atoms with van der Waals surface area (Å²) in [5, 5.41) is 30.0. The summed E-state index contributed by atoms with van der Waals surface area (Å²) in [7, 11) is 0. The van der Waals surface area contributed by atoms with Gasteiger partial charge in [0.15, 0.2) is 5.82 Å². The van der Waals surface area contributed by atoms with Crippen LogP contribution in [0.15, 0.2) is 53.4 Å². The van der Waals surface area contributed by atoms with E-state index in [-0.39, 0.29) is 18.3 Å². The van der Waals surface area contributed by atoms with Gasteiger partial charge in [-0.05, 0) is 36.8 Å². The predicted molar refractivity (Wildman–Crippen MR) is 115 cm³/mol. The number of aliphatic hydroxyl groups is 2. The molecule has 14 heteroatoms. The number of benzene rings is 1. The van der Waals surface area contributed by atoms with Gasteiger partial charge in [0.1, 0.15) is 29.5 Å². The van der Waals surface area contributed by atoms with Crippen LogP contribution in [-0.2, 0) is 12.4 Å². The summed E-state index contributed by atoms with van der Waals surface area (Å²) in [4.78, 5) is 4.69. The van der Waals surface area contributed by atoms with E-state index in [1.54, 1.807) is 24.3 Å². The Balaban J connectivity index is 1.51. The molecular weight excluding hydrogens is 508 g/mol. The van der Waals surface area contributed by atoms with Crippen LogP contribution in [0.25, 0.3) is 16.7 Å². The first-order valence-electron chi connectivity index (χ1n) is 11.1. The number of hydrogen-bond donors (Lipinski definition) is 2. The SMILES string of the molecule is O[C@@H]1[C@H](O)[C@@H]2C[C@H]1[C@@H](c1nncn1-c1ccc3ccoc3c1)N2c1cc(C(F)(F)F)cc(C(F)(F)F)n1. The summed E-state index contributed by atoms with van der Waals surface area (Å²) in [6.07, 6.45) is -10.00. The van der Waals surface area contributed by atoms with Gasteiger partial charge in [0.25, 0.3) is 0 Å². The average molecular weight is 525 g/mol. The second kappa shape index (κ2) is 7.92. The van der Waals surface area contributed by atoms with Crippen molar-refractivity contribution in [3.63, 3.8) is 0 Å². The van der Waals surface area contributed by atoms with E-state index in [0.717, 1.165) is 5.39 Å². The number of anilines is 1. The Bertz CT molecular complexity index is 1450. The highest BCUT2D eigenvalue weighted by atomic mass is 19.4. The molecule has 2 aliphatic rings. The quantitative estimate of drug-likeness (QED) is 0.388. The van der Waals surface area contributed by atoms with Gasteiger partial charge in [0.2, 0.25) is 0 Å². The second-order valence-corrected chi connectivity index (χ2v) is 9.10. The first-order valence-corrected chi connectivity index (χ1v) is 11.1. The maximum absolute atomic E-state index is 13.6. The molecule has 6 rings (SSSR count). The van der Waals surface area contributed by atoms with Gasteiger partial charge < -0.3 is 19.5 Å². The third kappa shape index (κ3) is 3.73. The number of piperidine rings is 1. The fourth-order valence-corrected chi connectivity index (χ4v) is 5.37. The van der Waals surface area contributed by atoms with Crippen LogP contribution in [-0.4, -0.2) is 48.2 Å². The summed E-state index contributed by atoms with van der Waals surface area (Å²) in [5.41, 5.74) is -2.20. The number of pyridine rings is 1.